The Bertz CT molecular complexity index is 515. The molecule has 2 rings (SSSR count). The van der Waals surface area contributed by atoms with Gasteiger partial charge in [-0.15, -0.1) is 0 Å². The smallest absolute Gasteiger partial charge is 0.341 e. The summed E-state index contributed by atoms with van der Waals surface area (Å²) in [6.45, 7) is 1.40. The number of nitrogens with zero attached hydrogens (tertiary/aromatic N) is 3. The number of anilines is 1. The van der Waals surface area contributed by atoms with Gasteiger partial charge in [-0.1, -0.05) is 12.8 Å². The molecule has 1 aromatic heterocycles. The maximum atomic E-state index is 11.8. The Morgan fingerprint density at radius 3 is 2.58 bits per heavy atom. The molecular weight excluding hydrogens is 270 g/mol. The molecule has 0 unspecified atom stereocenters. The van der Waals surface area contributed by atoms with Crippen LogP contribution in [0.25, 0.3) is 0 Å². The van der Waals surface area contributed by atoms with Crippen molar-refractivity contribution in [3.63, 3.8) is 0 Å². The van der Waals surface area contributed by atoms with E-state index in [0.29, 0.717) is 0 Å². The fourth-order valence-electron chi connectivity index (χ4n) is 2.43. The third-order valence-electron chi connectivity index (χ3n) is 3.23. The second-order valence-electron chi connectivity index (χ2n) is 4.51. The average molecular weight is 284 g/mol. The van der Waals surface area contributed by atoms with Crippen LogP contribution in [0.15, 0.2) is 6.20 Å². The summed E-state index contributed by atoms with van der Waals surface area (Å²) < 4.78 is 0. The first-order valence-electron chi connectivity index (χ1n) is 6.06. The van der Waals surface area contributed by atoms with Gasteiger partial charge in [0.1, 0.15) is 5.56 Å². The Hall–Kier alpha value is -1.69. The lowest BCUT2D eigenvalue weighted by molar-refractivity contribution is -0.117. The number of carbonyl (C=O) groups is 2. The summed E-state index contributed by atoms with van der Waals surface area (Å²) in [5.74, 6) is -1.31. The number of carboxylic acid groups (broad SMARTS) is 1. The molecule has 0 radical (unpaired) electrons. The molecule has 19 heavy (non-hydrogen) atoms. The first-order chi connectivity index (χ1) is 9.00. The Labute approximate surface area is 115 Å². The van der Waals surface area contributed by atoms with Crippen LogP contribution in [0.5, 0.6) is 0 Å². The Kier molecular flexibility index (Phi) is 3.99. The fraction of sp³-hybridized carbons (Fsp3) is 0.500. The molecule has 1 fully saturated rings. The van der Waals surface area contributed by atoms with E-state index in [-0.39, 0.29) is 28.6 Å². The van der Waals surface area contributed by atoms with Crippen LogP contribution in [-0.4, -0.2) is 33.0 Å². The molecule has 0 bridgehead atoms. The van der Waals surface area contributed by atoms with Gasteiger partial charge < -0.3 is 5.11 Å². The first-order valence-corrected chi connectivity index (χ1v) is 6.44. The second kappa shape index (κ2) is 5.52. The summed E-state index contributed by atoms with van der Waals surface area (Å²) >= 11 is 5.72. The standard InChI is InChI=1S/C12H14ClN3O3/c1-7(17)16(8-4-2-3-5-8)10-9(11(18)19)6-14-12(13)15-10/h6,8H,2-5H2,1H3,(H,18,19). The molecule has 0 aliphatic heterocycles. The minimum Gasteiger partial charge on any atom is -0.477 e. The monoisotopic (exact) mass is 283 g/mol. The highest BCUT2D eigenvalue weighted by atomic mass is 35.5. The van der Waals surface area contributed by atoms with E-state index < -0.39 is 5.97 Å². The van der Waals surface area contributed by atoms with Gasteiger partial charge in [0.15, 0.2) is 5.82 Å². The topological polar surface area (TPSA) is 83.4 Å². The quantitative estimate of drug-likeness (QED) is 0.859. The van der Waals surface area contributed by atoms with E-state index in [0.717, 1.165) is 31.9 Å². The average Bonchev–Trinajstić information content (AvgIpc) is 2.82. The van der Waals surface area contributed by atoms with Gasteiger partial charge in [0.2, 0.25) is 11.2 Å². The van der Waals surface area contributed by atoms with E-state index in [1.807, 2.05) is 0 Å². The van der Waals surface area contributed by atoms with E-state index in [1.165, 1.54) is 11.8 Å². The minimum absolute atomic E-state index is 0.0124. The van der Waals surface area contributed by atoms with E-state index in [4.69, 9.17) is 16.7 Å². The van der Waals surface area contributed by atoms with Gasteiger partial charge >= 0.3 is 5.97 Å². The molecule has 1 heterocycles. The largest absolute Gasteiger partial charge is 0.477 e. The van der Waals surface area contributed by atoms with E-state index >= 15 is 0 Å². The van der Waals surface area contributed by atoms with Crippen molar-refractivity contribution in [1.82, 2.24) is 9.97 Å². The zero-order valence-electron chi connectivity index (χ0n) is 10.5. The van der Waals surface area contributed by atoms with Crippen molar-refractivity contribution in [2.24, 2.45) is 0 Å². The molecule has 1 amide bonds. The number of aromatic nitrogens is 2. The molecule has 102 valence electrons. The van der Waals surface area contributed by atoms with Gasteiger partial charge in [0, 0.05) is 19.2 Å². The van der Waals surface area contributed by atoms with Crippen molar-refractivity contribution in [2.75, 3.05) is 4.90 Å². The lowest BCUT2D eigenvalue weighted by atomic mass is 10.2. The van der Waals surface area contributed by atoms with Crippen LogP contribution in [0.3, 0.4) is 0 Å². The van der Waals surface area contributed by atoms with E-state index in [1.54, 1.807) is 0 Å². The molecule has 1 aliphatic rings. The second-order valence-corrected chi connectivity index (χ2v) is 4.85. The van der Waals surface area contributed by atoms with Crippen molar-refractivity contribution in [2.45, 2.75) is 38.6 Å². The summed E-state index contributed by atoms with van der Waals surface area (Å²) in [4.78, 5) is 32.1. The number of aromatic carboxylic acids is 1. The van der Waals surface area contributed by atoms with Crippen LogP contribution < -0.4 is 4.90 Å². The third-order valence-corrected chi connectivity index (χ3v) is 3.41. The predicted molar refractivity (Wildman–Crippen MR) is 69.4 cm³/mol. The molecule has 0 aromatic carbocycles. The van der Waals surface area contributed by atoms with Gasteiger partial charge in [-0.05, 0) is 24.4 Å². The zero-order valence-corrected chi connectivity index (χ0v) is 11.2. The molecular formula is C12H14ClN3O3. The highest BCUT2D eigenvalue weighted by Gasteiger charge is 2.30. The lowest BCUT2D eigenvalue weighted by Gasteiger charge is -2.27. The van der Waals surface area contributed by atoms with Crippen LogP contribution in [-0.2, 0) is 4.79 Å². The first kappa shape index (κ1) is 13.7. The van der Waals surface area contributed by atoms with Gasteiger partial charge in [-0.25, -0.2) is 9.78 Å². The lowest BCUT2D eigenvalue weighted by Crippen LogP contribution is -2.39. The number of hydrogen-bond acceptors (Lipinski definition) is 4. The Balaban J connectivity index is 2.48. The Morgan fingerprint density at radius 1 is 1.42 bits per heavy atom. The molecule has 1 aliphatic carbocycles. The van der Waals surface area contributed by atoms with Crippen molar-refractivity contribution >= 4 is 29.3 Å². The summed E-state index contributed by atoms with van der Waals surface area (Å²) in [7, 11) is 0. The van der Waals surface area contributed by atoms with Crippen LogP contribution in [0.1, 0.15) is 43.0 Å². The molecule has 0 atom stereocenters. The molecule has 0 spiro atoms. The maximum absolute atomic E-state index is 11.8. The highest BCUT2D eigenvalue weighted by molar-refractivity contribution is 6.28. The SMILES string of the molecule is CC(=O)N(c1nc(Cl)ncc1C(=O)O)C1CCCC1. The van der Waals surface area contributed by atoms with Gasteiger partial charge in [0.25, 0.3) is 0 Å². The number of carboxylic acids is 1. The van der Waals surface area contributed by atoms with Gasteiger partial charge in [-0.3, -0.25) is 9.69 Å². The maximum Gasteiger partial charge on any atom is 0.341 e. The zero-order chi connectivity index (χ0) is 14.0. The molecule has 1 aromatic rings. The number of amides is 1. The molecule has 0 saturated heterocycles. The third kappa shape index (κ3) is 2.84. The summed E-state index contributed by atoms with van der Waals surface area (Å²) in [5, 5.41) is 9.10. The number of carbonyl (C=O) groups excluding carboxylic acids is 1. The van der Waals surface area contributed by atoms with Crippen LogP contribution >= 0.6 is 11.6 Å². The van der Waals surface area contributed by atoms with Crippen molar-refractivity contribution < 1.29 is 14.7 Å². The molecule has 6 nitrogen and oxygen atoms in total. The molecule has 7 heteroatoms. The van der Waals surface area contributed by atoms with Crippen molar-refractivity contribution in [3.8, 4) is 0 Å². The summed E-state index contributed by atoms with van der Waals surface area (Å²) in [6.07, 6.45) is 4.88. The summed E-state index contributed by atoms with van der Waals surface area (Å²) in [6, 6.07) is -0.0124. The molecule has 1 saturated carbocycles. The van der Waals surface area contributed by atoms with Crippen LogP contribution in [0.4, 0.5) is 5.82 Å². The normalized spacial score (nSPS) is 15.5. The number of hydrogen-bond donors (Lipinski definition) is 1. The Morgan fingerprint density at radius 2 is 2.05 bits per heavy atom. The minimum atomic E-state index is -1.17. The van der Waals surface area contributed by atoms with Crippen molar-refractivity contribution in [1.29, 1.82) is 0 Å². The summed E-state index contributed by atoms with van der Waals surface area (Å²) in [5.41, 5.74) is -0.105. The van der Waals surface area contributed by atoms with E-state index in [2.05, 4.69) is 9.97 Å². The van der Waals surface area contributed by atoms with Crippen LogP contribution in [0, 0.1) is 0 Å². The molecule has 1 N–H and O–H groups in total. The number of rotatable bonds is 3. The number of halogens is 1. The van der Waals surface area contributed by atoms with Gasteiger partial charge in [-0.2, -0.15) is 4.98 Å². The highest BCUT2D eigenvalue weighted by Crippen LogP contribution is 2.29. The van der Waals surface area contributed by atoms with Gasteiger partial charge in [0.05, 0.1) is 0 Å². The van der Waals surface area contributed by atoms with E-state index in [9.17, 15) is 9.59 Å². The fourth-order valence-corrected chi connectivity index (χ4v) is 2.56. The van der Waals surface area contributed by atoms with Crippen molar-refractivity contribution in [3.05, 3.63) is 17.0 Å². The predicted octanol–water partition coefficient (Wildman–Crippen LogP) is 2.12. The van der Waals surface area contributed by atoms with Crippen LogP contribution in [0.2, 0.25) is 5.28 Å².